The van der Waals surface area contributed by atoms with Gasteiger partial charge in [-0.15, -0.1) is 0 Å². The number of fused-ring (bicyclic) bond motifs is 6. The zero-order chi connectivity index (χ0) is 50.6. The number of allylic oxidation sites excluding steroid dienone is 3. The lowest BCUT2D eigenvalue weighted by Crippen LogP contribution is -2.63. The number of esters is 1. The van der Waals surface area contributed by atoms with Gasteiger partial charge in [0.05, 0.1) is 31.0 Å². The molecule has 3 heterocycles. The number of methoxy groups -OCH3 is 2. The summed E-state index contributed by atoms with van der Waals surface area (Å²) in [5.41, 5.74) is 11.2. The van der Waals surface area contributed by atoms with E-state index in [-0.39, 0.29) is 42.5 Å². The number of aryl methyl sites for hydroxylation is 1. The van der Waals surface area contributed by atoms with Crippen LogP contribution >= 0.6 is 33.2 Å². The smallest absolute Gasteiger partial charge is 0.409 e. The second-order valence-electron chi connectivity index (χ2n) is 19.0. The summed E-state index contributed by atoms with van der Waals surface area (Å²) in [6, 6.07) is 8.19. The number of nitrogen functional groups attached to an aromatic ring is 1. The molecule has 376 valence electrons. The molecule has 17 nitrogen and oxygen atoms in total. The molecule has 1 aliphatic carbocycles. The zero-order valence-corrected chi connectivity index (χ0v) is 43.3. The largest absolute Gasteiger partial charge is 0.495 e. The fraction of sp³-hybridized carbons (Fsp3) is 0.551. The lowest BCUT2D eigenvalue weighted by Gasteiger charge is -2.42. The standard InChI is InChI=1S/C49H65ClN6O11S2/c1-27-12-11-13-38(64-10)49(62)25-37(65-46(61)52-49)28(2)44-48(6,67-44)39(24-42(59)56(8)35-21-30(20-27)22-36(63-9)43(35)50)66-45(60)29(3)55(7)41(58)18-19-68-69-47(4,5)26-40(57)54-53-34-17-14-31-23-32(51)15-16-33(31)34/h11-13,15-16,21-23,28-29,37-39,44,62H,14,17-20,24-26,51H2,1-10H3,(H,52,61)(H,54,57)/b13-11+,27-12+,53-34-/t28-,29+,37+,38-,39+,44+,48?,49+/m1/s1. The first-order chi connectivity index (χ1) is 32.5. The van der Waals surface area contributed by atoms with Crippen molar-refractivity contribution in [1.29, 1.82) is 0 Å². The minimum atomic E-state index is -1.86. The van der Waals surface area contributed by atoms with E-state index in [2.05, 4.69) is 15.8 Å². The Morgan fingerprint density at radius 3 is 2.64 bits per heavy atom. The summed E-state index contributed by atoms with van der Waals surface area (Å²) < 4.78 is 29.0. The second kappa shape index (κ2) is 22.1. The van der Waals surface area contributed by atoms with Gasteiger partial charge in [-0.2, -0.15) is 5.10 Å². The van der Waals surface area contributed by atoms with Crippen LogP contribution in [0.1, 0.15) is 90.3 Å². The average Bonchev–Trinajstić information content (AvgIpc) is 3.83. The Labute approximate surface area is 417 Å². The SMILES string of the molecule is COc1cc2cc(c1Cl)N(C)C(=O)C[C@H](OC(=O)[C@H](C)N(C)C(=O)CCSSC(C)(C)CC(=O)N/N=C1/CCc3cc(N)ccc31)C1(C)O[C@H]1[C@H](C)[C@@H]1C[C@@](O)(NC(=O)O1)[C@H](OC)/C=C/C=C(\C)C2. The predicted octanol–water partition coefficient (Wildman–Crippen LogP) is 6.50. The molecule has 5 N–H and O–H groups in total. The zero-order valence-electron chi connectivity index (χ0n) is 40.9. The summed E-state index contributed by atoms with van der Waals surface area (Å²) in [7, 11) is 8.92. The van der Waals surface area contributed by atoms with Gasteiger partial charge in [-0.1, -0.05) is 70.0 Å². The van der Waals surface area contributed by atoms with Crippen molar-refractivity contribution < 1.29 is 52.8 Å². The van der Waals surface area contributed by atoms with Crippen LogP contribution < -0.4 is 26.1 Å². The Morgan fingerprint density at radius 2 is 1.93 bits per heavy atom. The molecule has 4 amide bonds. The number of epoxide rings is 1. The van der Waals surface area contributed by atoms with Crippen LogP contribution in [0.5, 0.6) is 5.75 Å². The number of hydrazone groups is 1. The number of aliphatic hydroxyl groups is 1. The van der Waals surface area contributed by atoms with E-state index in [9.17, 15) is 29.1 Å². The van der Waals surface area contributed by atoms with Gasteiger partial charge >= 0.3 is 12.1 Å². The Balaban J connectivity index is 1.13. The third-order valence-electron chi connectivity index (χ3n) is 13.2. The lowest BCUT2D eigenvalue weighted by atomic mass is 9.83. The predicted molar refractivity (Wildman–Crippen MR) is 268 cm³/mol. The van der Waals surface area contributed by atoms with Gasteiger partial charge in [0.1, 0.15) is 40.7 Å². The van der Waals surface area contributed by atoms with Gasteiger partial charge in [0.25, 0.3) is 0 Å². The highest BCUT2D eigenvalue weighted by molar-refractivity contribution is 8.77. The number of halogens is 1. The van der Waals surface area contributed by atoms with Crippen molar-refractivity contribution in [1.82, 2.24) is 15.6 Å². The number of nitrogens with one attached hydrogen (secondary N) is 2. The molecule has 20 heteroatoms. The minimum Gasteiger partial charge on any atom is -0.495 e. The van der Waals surface area contributed by atoms with Crippen molar-refractivity contribution in [2.75, 3.05) is 44.7 Å². The summed E-state index contributed by atoms with van der Waals surface area (Å²) in [5.74, 6) is -1.57. The highest BCUT2D eigenvalue weighted by atomic mass is 35.5. The number of carbonyl (C=O) groups is 5. The van der Waals surface area contributed by atoms with E-state index in [1.807, 2.05) is 45.0 Å². The third kappa shape index (κ3) is 12.8. The maximum atomic E-state index is 14.3. The van der Waals surface area contributed by atoms with Crippen LogP contribution in [-0.4, -0.2) is 126 Å². The molecule has 3 aliphatic heterocycles. The molecule has 1 unspecified atom stereocenters. The van der Waals surface area contributed by atoms with Crippen molar-refractivity contribution in [3.05, 3.63) is 75.8 Å². The fourth-order valence-electron chi connectivity index (χ4n) is 8.92. The molecule has 2 aromatic rings. The van der Waals surface area contributed by atoms with E-state index >= 15 is 0 Å². The first kappa shape index (κ1) is 53.6. The van der Waals surface area contributed by atoms with Crippen molar-refractivity contribution in [2.45, 2.75) is 133 Å². The van der Waals surface area contributed by atoms with Gasteiger partial charge < -0.3 is 44.3 Å². The van der Waals surface area contributed by atoms with E-state index in [0.29, 0.717) is 29.3 Å². The summed E-state index contributed by atoms with van der Waals surface area (Å²) in [6.07, 6.45) is 2.49. The van der Waals surface area contributed by atoms with E-state index in [1.165, 1.54) is 52.7 Å². The number of amides is 4. The fourth-order valence-corrected chi connectivity index (χ4v) is 11.7. The molecule has 0 spiro atoms. The molecular formula is C49H65ClN6O11S2. The van der Waals surface area contributed by atoms with Crippen molar-refractivity contribution >= 4 is 80.1 Å². The van der Waals surface area contributed by atoms with E-state index in [1.54, 1.807) is 52.1 Å². The highest BCUT2D eigenvalue weighted by Crippen LogP contribution is 2.49. The number of ether oxygens (including phenoxy) is 5. The number of rotatable bonds is 13. The first-order valence-electron chi connectivity index (χ1n) is 22.9. The number of nitrogens with two attached hydrogens (primary N) is 1. The Hall–Kier alpha value is -4.79. The lowest BCUT2D eigenvalue weighted by molar-refractivity contribution is -0.162. The minimum absolute atomic E-state index is 0.0757. The van der Waals surface area contributed by atoms with Gasteiger partial charge in [0.15, 0.2) is 5.72 Å². The van der Waals surface area contributed by atoms with Crippen LogP contribution in [-0.2, 0) is 51.0 Å². The monoisotopic (exact) mass is 1010 g/mol. The normalized spacial score (nSPS) is 28.2. The summed E-state index contributed by atoms with van der Waals surface area (Å²) in [5, 5.41) is 19.0. The van der Waals surface area contributed by atoms with Crippen LogP contribution in [0, 0.1) is 5.92 Å². The van der Waals surface area contributed by atoms with Crippen LogP contribution in [0.15, 0.2) is 59.2 Å². The molecule has 69 heavy (non-hydrogen) atoms. The summed E-state index contributed by atoms with van der Waals surface area (Å²) in [4.78, 5) is 70.5. The van der Waals surface area contributed by atoms with E-state index < -0.39 is 70.4 Å². The summed E-state index contributed by atoms with van der Waals surface area (Å²) >= 11 is 6.82. The van der Waals surface area contributed by atoms with Crippen LogP contribution in [0.25, 0.3) is 0 Å². The highest BCUT2D eigenvalue weighted by Gasteiger charge is 2.64. The topological polar surface area (TPSA) is 224 Å². The van der Waals surface area contributed by atoms with Gasteiger partial charge in [0, 0.05) is 68.1 Å². The molecule has 2 aromatic carbocycles. The maximum absolute atomic E-state index is 14.3. The Kier molecular flexibility index (Phi) is 17.2. The number of hydrogen-bond acceptors (Lipinski definition) is 15. The van der Waals surface area contributed by atoms with Gasteiger partial charge in [-0.05, 0) is 89.3 Å². The van der Waals surface area contributed by atoms with Gasteiger partial charge in [-0.25, -0.2) is 15.0 Å². The van der Waals surface area contributed by atoms with Crippen molar-refractivity contribution in [3.8, 4) is 5.75 Å². The average molecular weight is 1010 g/mol. The Morgan fingerprint density at radius 1 is 1.19 bits per heavy atom. The number of likely N-dealkylation sites (N-methyl/N-ethyl adjacent to an activating group) is 1. The number of nitrogens with zero attached hydrogens (tertiary/aromatic N) is 3. The number of carbonyl (C=O) groups excluding carboxylic acids is 5. The van der Waals surface area contributed by atoms with Crippen molar-refractivity contribution in [2.24, 2.45) is 11.0 Å². The van der Waals surface area contributed by atoms with E-state index in [0.717, 1.165) is 40.8 Å². The number of benzene rings is 2. The number of hydrogen-bond donors (Lipinski definition) is 4. The number of anilines is 2. The first-order valence-corrected chi connectivity index (χ1v) is 25.6. The second-order valence-corrected chi connectivity index (χ2v) is 22.5. The van der Waals surface area contributed by atoms with Crippen LogP contribution in [0.3, 0.4) is 0 Å². The molecule has 2 saturated heterocycles. The van der Waals surface area contributed by atoms with Gasteiger partial charge in [-0.3, -0.25) is 19.7 Å². The van der Waals surface area contributed by atoms with Crippen LogP contribution in [0.2, 0.25) is 5.02 Å². The molecule has 2 fully saturated rings. The molecule has 0 aromatic heterocycles. The third-order valence-corrected chi connectivity index (χ3v) is 16.9. The summed E-state index contributed by atoms with van der Waals surface area (Å²) in [6.45, 7) is 10.9. The van der Waals surface area contributed by atoms with Crippen molar-refractivity contribution in [3.63, 3.8) is 0 Å². The quantitative estimate of drug-likeness (QED) is 0.0420. The van der Waals surface area contributed by atoms with Gasteiger partial charge in [0.2, 0.25) is 17.7 Å². The van der Waals surface area contributed by atoms with E-state index in [4.69, 9.17) is 41.0 Å². The molecule has 8 atom stereocenters. The Bertz CT molecular complexity index is 2400. The van der Waals surface area contributed by atoms with Crippen LogP contribution in [0.4, 0.5) is 16.2 Å². The molecule has 4 bridgehead atoms. The maximum Gasteiger partial charge on any atom is 0.409 e. The molecular weight excluding hydrogens is 948 g/mol. The molecule has 0 radical (unpaired) electrons. The molecule has 6 rings (SSSR count). The molecule has 0 saturated carbocycles. The molecule has 4 aliphatic rings. The number of alkyl carbamates (subject to hydrolysis) is 1.